The van der Waals surface area contributed by atoms with Crippen LogP contribution in [-0.4, -0.2) is 16.3 Å². The van der Waals surface area contributed by atoms with E-state index in [-0.39, 0.29) is 0 Å². The minimum absolute atomic E-state index is 0.834. The third-order valence-electron chi connectivity index (χ3n) is 4.81. The van der Waals surface area contributed by atoms with Gasteiger partial charge in [0.2, 0.25) is 0 Å². The van der Waals surface area contributed by atoms with Crippen molar-refractivity contribution >= 4 is 38.4 Å². The minimum atomic E-state index is -0.871. The lowest BCUT2D eigenvalue weighted by molar-refractivity contribution is 0.0480. The maximum atomic E-state index is 10.5. The molecule has 0 radical (unpaired) electrons. The van der Waals surface area contributed by atoms with Crippen molar-refractivity contribution in [3.05, 3.63) is 65.7 Å². The van der Waals surface area contributed by atoms with E-state index in [1.807, 2.05) is 6.08 Å². The number of hydrogen-bond donors (Lipinski definition) is 2. The summed E-state index contributed by atoms with van der Waals surface area (Å²) in [6, 6.07) is 16.9. The fourth-order valence-electron chi connectivity index (χ4n) is 3.80. The molecule has 2 atom stereocenters. The third-order valence-corrected chi connectivity index (χ3v) is 4.81. The van der Waals surface area contributed by atoms with Crippen molar-refractivity contribution in [2.45, 2.75) is 12.2 Å². The first-order chi connectivity index (χ1) is 10.7. The minimum Gasteiger partial charge on any atom is -0.386 e. The number of aliphatic hydroxyl groups excluding tert-OH is 2. The monoisotopic (exact) mass is 286 g/mol. The summed E-state index contributed by atoms with van der Waals surface area (Å²) in [6.45, 7) is 0. The van der Waals surface area contributed by atoms with E-state index in [1.54, 1.807) is 6.08 Å². The van der Waals surface area contributed by atoms with E-state index in [1.165, 1.54) is 26.9 Å². The van der Waals surface area contributed by atoms with Crippen molar-refractivity contribution in [2.24, 2.45) is 0 Å². The molecule has 0 unspecified atom stereocenters. The second kappa shape index (κ2) is 4.07. The van der Waals surface area contributed by atoms with E-state index in [9.17, 15) is 10.2 Å². The zero-order valence-electron chi connectivity index (χ0n) is 11.8. The van der Waals surface area contributed by atoms with Crippen LogP contribution in [0.15, 0.2) is 54.6 Å². The second-order valence-corrected chi connectivity index (χ2v) is 6.03. The summed E-state index contributed by atoms with van der Waals surface area (Å²) in [6.07, 6.45) is 1.85. The average molecular weight is 286 g/mol. The Morgan fingerprint density at radius 3 is 2.32 bits per heavy atom. The average Bonchev–Trinajstić information content (AvgIpc) is 2.55. The Labute approximate surface area is 127 Å². The third kappa shape index (κ3) is 1.41. The molecular formula is C20H14O2. The number of aliphatic hydroxyl groups is 2. The van der Waals surface area contributed by atoms with Gasteiger partial charge in [-0.3, -0.25) is 0 Å². The van der Waals surface area contributed by atoms with E-state index in [0.717, 1.165) is 16.5 Å². The molecule has 0 amide bonds. The van der Waals surface area contributed by atoms with Crippen molar-refractivity contribution in [1.29, 1.82) is 0 Å². The fraction of sp³-hybridized carbons (Fsp3) is 0.100. The van der Waals surface area contributed by atoms with Gasteiger partial charge in [-0.25, -0.2) is 0 Å². The normalized spacial score (nSPS) is 21.0. The van der Waals surface area contributed by atoms with Crippen LogP contribution in [0.5, 0.6) is 0 Å². The molecule has 4 aromatic rings. The van der Waals surface area contributed by atoms with Crippen LogP contribution in [0.1, 0.15) is 17.2 Å². The zero-order valence-corrected chi connectivity index (χ0v) is 11.8. The van der Waals surface area contributed by atoms with Crippen LogP contribution in [0.4, 0.5) is 0 Å². The Hall–Kier alpha value is -2.42. The summed E-state index contributed by atoms with van der Waals surface area (Å²) in [5, 5.41) is 27.5. The van der Waals surface area contributed by atoms with Gasteiger partial charge in [-0.2, -0.15) is 0 Å². The molecule has 0 aromatic heterocycles. The van der Waals surface area contributed by atoms with Gasteiger partial charge in [0.15, 0.2) is 0 Å². The van der Waals surface area contributed by atoms with E-state index >= 15 is 0 Å². The van der Waals surface area contributed by atoms with Crippen molar-refractivity contribution in [1.82, 2.24) is 0 Å². The summed E-state index contributed by atoms with van der Waals surface area (Å²) < 4.78 is 0. The number of benzene rings is 4. The lowest BCUT2D eigenvalue weighted by Crippen LogP contribution is -2.19. The molecule has 4 aromatic carbocycles. The molecule has 2 heteroatoms. The Bertz CT molecular complexity index is 1050. The number of fused-ring (bicyclic) bond motifs is 2. The van der Waals surface area contributed by atoms with Crippen LogP contribution in [0.3, 0.4) is 0 Å². The van der Waals surface area contributed by atoms with E-state index in [2.05, 4.69) is 48.5 Å². The summed E-state index contributed by atoms with van der Waals surface area (Å²) in [7, 11) is 0. The smallest absolute Gasteiger partial charge is 0.110 e. The number of hydrogen-bond acceptors (Lipinski definition) is 2. The number of rotatable bonds is 0. The van der Waals surface area contributed by atoms with Crippen molar-refractivity contribution in [3.63, 3.8) is 0 Å². The molecule has 1 aliphatic carbocycles. The molecule has 0 spiro atoms. The van der Waals surface area contributed by atoms with Crippen LogP contribution >= 0.6 is 0 Å². The molecule has 1 aliphatic rings. The molecule has 2 nitrogen and oxygen atoms in total. The molecule has 0 saturated heterocycles. The van der Waals surface area contributed by atoms with Gasteiger partial charge >= 0.3 is 0 Å². The molecular weight excluding hydrogens is 272 g/mol. The predicted octanol–water partition coefficient (Wildman–Crippen LogP) is 4.01. The highest BCUT2D eigenvalue weighted by atomic mass is 16.3. The Morgan fingerprint density at radius 1 is 0.773 bits per heavy atom. The molecule has 22 heavy (non-hydrogen) atoms. The fourth-order valence-corrected chi connectivity index (χ4v) is 3.80. The predicted molar refractivity (Wildman–Crippen MR) is 90.1 cm³/mol. The lowest BCUT2D eigenvalue weighted by atomic mass is 9.84. The SMILES string of the molecule is O[C@@H]1C=Cc2cc3ccc4cccc5ccc(c2[C@H]1O)c3c45. The summed E-state index contributed by atoms with van der Waals surface area (Å²) in [5.41, 5.74) is 1.82. The molecule has 0 fully saturated rings. The summed E-state index contributed by atoms with van der Waals surface area (Å²) >= 11 is 0. The highest BCUT2D eigenvalue weighted by Gasteiger charge is 2.25. The van der Waals surface area contributed by atoms with Gasteiger partial charge in [0.05, 0.1) is 0 Å². The van der Waals surface area contributed by atoms with Crippen molar-refractivity contribution < 1.29 is 10.2 Å². The molecule has 0 bridgehead atoms. The van der Waals surface area contributed by atoms with Gasteiger partial charge in [0, 0.05) is 0 Å². The van der Waals surface area contributed by atoms with Gasteiger partial charge in [0.1, 0.15) is 12.2 Å². The summed E-state index contributed by atoms with van der Waals surface area (Å²) in [5.74, 6) is 0. The van der Waals surface area contributed by atoms with E-state index < -0.39 is 12.2 Å². The highest BCUT2D eigenvalue weighted by molar-refractivity contribution is 6.24. The van der Waals surface area contributed by atoms with Crippen LogP contribution in [0.2, 0.25) is 0 Å². The second-order valence-electron chi connectivity index (χ2n) is 6.03. The van der Waals surface area contributed by atoms with Crippen molar-refractivity contribution in [2.75, 3.05) is 0 Å². The Kier molecular flexibility index (Phi) is 2.25. The van der Waals surface area contributed by atoms with Gasteiger partial charge in [0.25, 0.3) is 0 Å². The topological polar surface area (TPSA) is 40.5 Å². The Balaban J connectivity index is 2.07. The Morgan fingerprint density at radius 2 is 1.50 bits per heavy atom. The standard InChI is InChI=1S/C20H14O2/c21-16-9-7-14-10-13-5-4-11-2-1-3-12-6-8-15(18(13)17(11)12)19(14)20(16)22/h1-10,16,20-22H/t16-,20+/m1/s1. The lowest BCUT2D eigenvalue weighted by Gasteiger charge is -2.25. The molecule has 2 N–H and O–H groups in total. The van der Waals surface area contributed by atoms with Crippen molar-refractivity contribution in [3.8, 4) is 0 Å². The quantitative estimate of drug-likeness (QED) is 0.480. The van der Waals surface area contributed by atoms with E-state index in [0.29, 0.717) is 0 Å². The first-order valence-electron chi connectivity index (χ1n) is 7.49. The van der Waals surface area contributed by atoms with Gasteiger partial charge in [-0.15, -0.1) is 0 Å². The van der Waals surface area contributed by atoms with Gasteiger partial charge in [-0.1, -0.05) is 54.6 Å². The molecule has 0 aliphatic heterocycles. The largest absolute Gasteiger partial charge is 0.386 e. The maximum Gasteiger partial charge on any atom is 0.110 e. The van der Waals surface area contributed by atoms with Gasteiger partial charge in [-0.05, 0) is 49.5 Å². The van der Waals surface area contributed by atoms with Crippen LogP contribution in [-0.2, 0) is 0 Å². The first kappa shape index (κ1) is 12.2. The van der Waals surface area contributed by atoms with Crippen LogP contribution in [0, 0.1) is 0 Å². The van der Waals surface area contributed by atoms with Crippen LogP contribution in [0.25, 0.3) is 38.4 Å². The maximum absolute atomic E-state index is 10.5. The van der Waals surface area contributed by atoms with Gasteiger partial charge < -0.3 is 10.2 Å². The first-order valence-corrected chi connectivity index (χ1v) is 7.49. The highest BCUT2D eigenvalue weighted by Crippen LogP contribution is 2.41. The molecule has 106 valence electrons. The molecule has 0 heterocycles. The van der Waals surface area contributed by atoms with Crippen LogP contribution < -0.4 is 0 Å². The zero-order chi connectivity index (χ0) is 14.8. The molecule has 5 rings (SSSR count). The van der Waals surface area contributed by atoms with E-state index in [4.69, 9.17) is 0 Å². The molecule has 0 saturated carbocycles. The summed E-state index contributed by atoms with van der Waals surface area (Å²) in [4.78, 5) is 0.